The number of ether oxygens (including phenoxy) is 2. The third kappa shape index (κ3) is 6.26. The molecule has 8 nitrogen and oxygen atoms in total. The van der Waals surface area contributed by atoms with Gasteiger partial charge in [0, 0.05) is 29.1 Å². The number of sulfonamides is 1. The third-order valence-corrected chi connectivity index (χ3v) is 12.3. The lowest BCUT2D eigenvalue weighted by Gasteiger charge is -2.46. The summed E-state index contributed by atoms with van der Waals surface area (Å²) in [6, 6.07) is 11.5. The number of carbonyl (C=O) groups is 1. The fourth-order valence-electron chi connectivity index (χ4n) is 7.67. The molecule has 2 aromatic rings. The topological polar surface area (TPSA) is 105 Å². The Hall–Kier alpha value is -2.59. The van der Waals surface area contributed by atoms with Gasteiger partial charge in [0.2, 0.25) is 10.0 Å². The maximum absolute atomic E-state index is 13.4. The maximum atomic E-state index is 13.4. The zero-order valence-electron chi connectivity index (χ0n) is 25.3. The first-order valence-corrected chi connectivity index (χ1v) is 17.9. The predicted molar refractivity (Wildman–Crippen MR) is 172 cm³/mol. The summed E-state index contributed by atoms with van der Waals surface area (Å²) < 4.78 is 41.7. The van der Waals surface area contributed by atoms with Crippen LogP contribution in [0.3, 0.4) is 0 Å². The smallest absolute Gasteiger partial charge is 0.264 e. The molecule has 4 aliphatic rings. The van der Waals surface area contributed by atoms with Crippen LogP contribution in [0.5, 0.6) is 5.75 Å². The van der Waals surface area contributed by atoms with E-state index in [0.29, 0.717) is 49.6 Å². The van der Waals surface area contributed by atoms with Crippen molar-refractivity contribution in [1.29, 1.82) is 0 Å². The van der Waals surface area contributed by atoms with Gasteiger partial charge in [-0.25, -0.2) is 13.1 Å². The van der Waals surface area contributed by atoms with Crippen molar-refractivity contribution in [3.05, 3.63) is 70.3 Å². The Balaban J connectivity index is 1.42. The number of anilines is 1. The molecule has 1 saturated carbocycles. The molecule has 0 aromatic heterocycles. The first kappa shape index (κ1) is 31.4. The van der Waals surface area contributed by atoms with E-state index in [2.05, 4.69) is 27.8 Å². The molecule has 0 unspecified atom stereocenters. The van der Waals surface area contributed by atoms with Gasteiger partial charge in [-0.15, -0.1) is 0 Å². The van der Waals surface area contributed by atoms with Crippen molar-refractivity contribution in [2.24, 2.45) is 11.8 Å². The number of allylic oxidation sites excluding steroid dienone is 1. The quantitative estimate of drug-likeness (QED) is 0.430. The average molecular weight is 643 g/mol. The van der Waals surface area contributed by atoms with Gasteiger partial charge in [0.1, 0.15) is 5.75 Å². The van der Waals surface area contributed by atoms with Gasteiger partial charge in [-0.05, 0) is 105 Å². The Bertz CT molecular complexity index is 1510. The fraction of sp³-hybridized carbons (Fsp3) is 0.559. The standard InChI is InChI=1S/C34H43ClN2O6S/c1-2-27-7-3-4-8-31(42-17-16-38)28-12-9-25(28)20-37-21-34(15-5-6-23-18-26(35)11-13-29(23)34)22-43-32-14-10-24(19-30(32)37)33(39)36-44(27,40)41/h4,8,10-11,13-14,18-19,25,27-28,31,38H,2-3,5-7,9,12,15-17,20-22H2,1H3,(H,36,39)/b8-4-/t25-,27+,28+,31-,34-/m0/s1. The van der Waals surface area contributed by atoms with Crippen LogP contribution in [0.4, 0.5) is 5.69 Å². The number of hydrogen-bond acceptors (Lipinski definition) is 7. The molecule has 1 spiro atoms. The monoisotopic (exact) mass is 642 g/mol. The first-order chi connectivity index (χ1) is 21.2. The lowest BCUT2D eigenvalue weighted by atomic mass is 9.68. The Morgan fingerprint density at radius 3 is 2.82 bits per heavy atom. The Morgan fingerprint density at radius 1 is 1.18 bits per heavy atom. The number of aryl methyl sites for hydroxylation is 1. The predicted octanol–water partition coefficient (Wildman–Crippen LogP) is 5.41. The third-order valence-electron chi connectivity index (χ3n) is 10.2. The summed E-state index contributed by atoms with van der Waals surface area (Å²) in [5.41, 5.74) is 3.36. The number of carbonyl (C=O) groups excluding carboxylic acids is 1. The van der Waals surface area contributed by atoms with Crippen molar-refractivity contribution in [2.45, 2.75) is 75.1 Å². The molecule has 0 saturated heterocycles. The van der Waals surface area contributed by atoms with Gasteiger partial charge >= 0.3 is 0 Å². The lowest BCUT2D eigenvalue weighted by Crippen LogP contribution is -2.49. The van der Waals surface area contributed by atoms with Gasteiger partial charge in [0.05, 0.1) is 36.9 Å². The number of nitrogens with one attached hydrogen (secondary N) is 1. The summed E-state index contributed by atoms with van der Waals surface area (Å²) in [6.45, 7) is 3.98. The molecule has 1 amide bonds. The van der Waals surface area contributed by atoms with Gasteiger partial charge in [0.25, 0.3) is 5.91 Å². The van der Waals surface area contributed by atoms with Crippen LogP contribution in [-0.2, 0) is 26.6 Å². The number of nitrogens with zero attached hydrogens (tertiary/aromatic N) is 1. The van der Waals surface area contributed by atoms with E-state index in [-0.39, 0.29) is 30.7 Å². The summed E-state index contributed by atoms with van der Waals surface area (Å²) >= 11 is 6.41. The molecule has 2 aromatic carbocycles. The van der Waals surface area contributed by atoms with Crippen molar-refractivity contribution in [3.8, 4) is 5.75 Å². The summed E-state index contributed by atoms with van der Waals surface area (Å²) in [5, 5.41) is 9.57. The highest BCUT2D eigenvalue weighted by molar-refractivity contribution is 7.90. The van der Waals surface area contributed by atoms with Gasteiger partial charge < -0.3 is 19.5 Å². The van der Waals surface area contributed by atoms with Crippen LogP contribution >= 0.6 is 11.6 Å². The molecule has 1 fully saturated rings. The van der Waals surface area contributed by atoms with Crippen molar-refractivity contribution >= 4 is 33.2 Å². The van der Waals surface area contributed by atoms with Gasteiger partial charge in [-0.2, -0.15) is 0 Å². The lowest BCUT2D eigenvalue weighted by molar-refractivity contribution is -0.0257. The van der Waals surface area contributed by atoms with E-state index in [0.717, 1.165) is 49.4 Å². The van der Waals surface area contributed by atoms with Crippen LogP contribution in [0.25, 0.3) is 0 Å². The van der Waals surface area contributed by atoms with Crippen LogP contribution in [0, 0.1) is 11.8 Å². The molecular weight excluding hydrogens is 600 g/mol. The highest BCUT2D eigenvalue weighted by Crippen LogP contribution is 2.47. The second-order valence-corrected chi connectivity index (χ2v) is 15.3. The average Bonchev–Trinajstić information content (AvgIpc) is 3.13. The van der Waals surface area contributed by atoms with Crippen LogP contribution in [0.1, 0.15) is 73.4 Å². The van der Waals surface area contributed by atoms with E-state index in [1.807, 2.05) is 25.1 Å². The number of rotatable bonds is 4. The SMILES string of the molecule is CC[C@@H]1CC/C=C\[C@H](OCCO)[C@@H]2CC[C@H]2CN2C[C@@]3(CCCc4cc(Cl)ccc43)COc3ccc(cc32)C(=O)NS1(=O)=O. The number of amides is 1. The van der Waals surface area contributed by atoms with E-state index >= 15 is 0 Å². The van der Waals surface area contributed by atoms with Crippen molar-refractivity contribution < 1.29 is 27.8 Å². The summed E-state index contributed by atoms with van der Waals surface area (Å²) in [6.07, 6.45) is 10.3. The summed E-state index contributed by atoms with van der Waals surface area (Å²) in [7, 11) is -3.89. The molecule has 238 valence electrons. The highest BCUT2D eigenvalue weighted by atomic mass is 35.5. The van der Waals surface area contributed by atoms with E-state index in [4.69, 9.17) is 21.1 Å². The van der Waals surface area contributed by atoms with E-state index in [1.54, 1.807) is 12.1 Å². The van der Waals surface area contributed by atoms with Gasteiger partial charge in [-0.3, -0.25) is 4.79 Å². The van der Waals surface area contributed by atoms with Crippen molar-refractivity contribution in [3.63, 3.8) is 0 Å². The van der Waals surface area contributed by atoms with Gasteiger partial charge in [-0.1, -0.05) is 36.7 Å². The number of benzene rings is 2. The number of fused-ring (bicyclic) bond motifs is 4. The molecule has 10 heteroatoms. The molecule has 2 aliphatic carbocycles. The second-order valence-electron chi connectivity index (χ2n) is 12.9. The molecule has 2 bridgehead atoms. The minimum atomic E-state index is -3.89. The van der Waals surface area contributed by atoms with Crippen LogP contribution in [0.15, 0.2) is 48.6 Å². The molecule has 5 atom stereocenters. The van der Waals surface area contributed by atoms with E-state index in [1.165, 1.54) is 11.1 Å². The zero-order chi connectivity index (χ0) is 30.9. The molecule has 44 heavy (non-hydrogen) atoms. The Labute approximate surface area is 265 Å². The molecular formula is C34H43ClN2O6S. The van der Waals surface area contributed by atoms with Crippen LogP contribution in [0.2, 0.25) is 5.02 Å². The maximum Gasteiger partial charge on any atom is 0.264 e. The minimum absolute atomic E-state index is 0.0524. The molecule has 6 rings (SSSR count). The largest absolute Gasteiger partial charge is 0.490 e. The van der Waals surface area contributed by atoms with E-state index in [9.17, 15) is 18.3 Å². The van der Waals surface area contributed by atoms with E-state index < -0.39 is 21.2 Å². The second kappa shape index (κ2) is 13.0. The highest BCUT2D eigenvalue weighted by Gasteiger charge is 2.44. The molecule has 2 aliphatic heterocycles. The summed E-state index contributed by atoms with van der Waals surface area (Å²) in [4.78, 5) is 15.8. The number of hydrogen-bond donors (Lipinski definition) is 2. The zero-order valence-corrected chi connectivity index (χ0v) is 26.9. The first-order valence-electron chi connectivity index (χ1n) is 16.0. The van der Waals surface area contributed by atoms with Crippen molar-refractivity contribution in [1.82, 2.24) is 4.72 Å². The minimum Gasteiger partial charge on any atom is -0.490 e. The number of halogens is 1. The Morgan fingerprint density at radius 2 is 2.05 bits per heavy atom. The fourth-order valence-corrected chi connectivity index (χ4v) is 9.29. The summed E-state index contributed by atoms with van der Waals surface area (Å²) in [5.74, 6) is 0.681. The molecule has 0 radical (unpaired) electrons. The Kier molecular flexibility index (Phi) is 9.30. The molecule has 2 heterocycles. The van der Waals surface area contributed by atoms with Crippen LogP contribution < -0.4 is 14.4 Å². The normalized spacial score (nSPS) is 30.6. The van der Waals surface area contributed by atoms with Gasteiger partial charge in [0.15, 0.2) is 0 Å². The number of aliphatic hydroxyl groups is 1. The van der Waals surface area contributed by atoms with Crippen molar-refractivity contribution in [2.75, 3.05) is 37.8 Å². The molecule has 2 N–H and O–H groups in total. The van der Waals surface area contributed by atoms with Crippen LogP contribution in [-0.4, -0.2) is 63.7 Å². The number of aliphatic hydroxyl groups excluding tert-OH is 1.